The Morgan fingerprint density at radius 1 is 1.47 bits per heavy atom. The first-order chi connectivity index (χ1) is 9.20. The average Bonchev–Trinajstić information content (AvgIpc) is 2.84. The zero-order chi connectivity index (χ0) is 13.7. The minimum absolute atomic E-state index is 0.253. The zero-order valence-electron chi connectivity index (χ0n) is 11.6. The van der Waals surface area contributed by atoms with Crippen LogP contribution in [-0.2, 0) is 17.8 Å². The van der Waals surface area contributed by atoms with Crippen molar-refractivity contribution in [1.82, 2.24) is 4.90 Å². The van der Waals surface area contributed by atoms with Crippen LogP contribution in [-0.4, -0.2) is 30.4 Å². The smallest absolute Gasteiger partial charge is 0.231 e. The van der Waals surface area contributed by atoms with Crippen molar-refractivity contribution in [2.45, 2.75) is 32.7 Å². The van der Waals surface area contributed by atoms with Crippen LogP contribution in [0.25, 0.3) is 0 Å². The third-order valence-corrected chi connectivity index (χ3v) is 3.53. The monoisotopic (exact) mass is 261 g/mol. The van der Waals surface area contributed by atoms with E-state index < -0.39 is 0 Å². The summed E-state index contributed by atoms with van der Waals surface area (Å²) in [5.41, 5.74) is 9.25. The molecule has 1 heterocycles. The van der Waals surface area contributed by atoms with Crippen molar-refractivity contribution >= 4 is 11.6 Å². The molecule has 4 heteroatoms. The summed E-state index contributed by atoms with van der Waals surface area (Å²) in [4.78, 5) is 13.3. The summed E-state index contributed by atoms with van der Waals surface area (Å²) in [5.74, 6) is -0.253. The molecule has 0 unspecified atom stereocenters. The fraction of sp³-hybridized carbons (Fsp3) is 0.533. The van der Waals surface area contributed by atoms with Crippen molar-refractivity contribution in [3.63, 3.8) is 0 Å². The van der Waals surface area contributed by atoms with E-state index in [9.17, 15) is 4.79 Å². The van der Waals surface area contributed by atoms with Crippen LogP contribution in [0.3, 0.4) is 0 Å². The van der Waals surface area contributed by atoms with Gasteiger partial charge >= 0.3 is 0 Å². The molecule has 1 aliphatic heterocycles. The van der Waals surface area contributed by atoms with Crippen LogP contribution < -0.4 is 11.1 Å². The van der Waals surface area contributed by atoms with E-state index in [0.717, 1.165) is 38.9 Å². The number of para-hydroxylation sites is 1. The number of fused-ring (bicyclic) bond motifs is 1. The van der Waals surface area contributed by atoms with Crippen molar-refractivity contribution in [3.8, 4) is 0 Å². The summed E-state index contributed by atoms with van der Waals surface area (Å²) in [6, 6.07) is 6.41. The fourth-order valence-electron chi connectivity index (χ4n) is 2.60. The molecule has 0 saturated heterocycles. The predicted molar refractivity (Wildman–Crippen MR) is 78.0 cm³/mol. The fourth-order valence-corrected chi connectivity index (χ4v) is 2.60. The lowest BCUT2D eigenvalue weighted by Crippen LogP contribution is -2.34. The Morgan fingerprint density at radius 3 is 3.05 bits per heavy atom. The van der Waals surface area contributed by atoms with Crippen LogP contribution >= 0.6 is 0 Å². The molecule has 0 fully saturated rings. The van der Waals surface area contributed by atoms with Gasteiger partial charge < -0.3 is 11.1 Å². The zero-order valence-corrected chi connectivity index (χ0v) is 11.6. The summed E-state index contributed by atoms with van der Waals surface area (Å²) in [6.45, 7) is 5.22. The highest BCUT2D eigenvalue weighted by atomic mass is 16.1. The normalized spacial score (nSPS) is 13.4. The summed E-state index contributed by atoms with van der Waals surface area (Å²) < 4.78 is 0. The SMILES string of the molecule is CCCCN(CC(N)=O)Cc1cccc2c1NCC2. The Balaban J connectivity index is 2.07. The number of nitrogens with two attached hydrogens (primary N) is 1. The van der Waals surface area contributed by atoms with E-state index in [0.29, 0.717) is 6.54 Å². The number of anilines is 1. The molecule has 3 N–H and O–H groups in total. The lowest BCUT2D eigenvalue weighted by atomic mass is 10.1. The quantitative estimate of drug-likeness (QED) is 0.786. The van der Waals surface area contributed by atoms with Crippen molar-refractivity contribution < 1.29 is 4.79 Å². The van der Waals surface area contributed by atoms with E-state index in [2.05, 4.69) is 35.3 Å². The molecule has 1 aromatic rings. The van der Waals surface area contributed by atoms with Crippen molar-refractivity contribution in [3.05, 3.63) is 29.3 Å². The number of benzene rings is 1. The summed E-state index contributed by atoms with van der Waals surface area (Å²) in [6.07, 6.45) is 3.31. The van der Waals surface area contributed by atoms with Gasteiger partial charge in [-0.15, -0.1) is 0 Å². The van der Waals surface area contributed by atoms with Crippen LogP contribution in [0.4, 0.5) is 5.69 Å². The van der Waals surface area contributed by atoms with Gasteiger partial charge in [0, 0.05) is 18.8 Å². The average molecular weight is 261 g/mol. The highest BCUT2D eigenvalue weighted by molar-refractivity contribution is 5.76. The number of nitrogens with zero attached hydrogens (tertiary/aromatic N) is 1. The second-order valence-corrected chi connectivity index (χ2v) is 5.16. The van der Waals surface area contributed by atoms with Gasteiger partial charge in [-0.25, -0.2) is 0 Å². The number of hydrogen-bond acceptors (Lipinski definition) is 3. The highest BCUT2D eigenvalue weighted by Crippen LogP contribution is 2.27. The Labute approximate surface area is 115 Å². The molecule has 19 heavy (non-hydrogen) atoms. The van der Waals surface area contributed by atoms with Crippen molar-refractivity contribution in [1.29, 1.82) is 0 Å². The third kappa shape index (κ3) is 3.70. The molecule has 0 spiro atoms. The van der Waals surface area contributed by atoms with Crippen LogP contribution in [0.1, 0.15) is 30.9 Å². The maximum atomic E-state index is 11.2. The molecule has 0 radical (unpaired) electrons. The van der Waals surface area contributed by atoms with Gasteiger partial charge in [-0.2, -0.15) is 0 Å². The van der Waals surface area contributed by atoms with E-state index in [1.807, 2.05) is 0 Å². The number of rotatable bonds is 7. The second-order valence-electron chi connectivity index (χ2n) is 5.16. The second kappa shape index (κ2) is 6.57. The van der Waals surface area contributed by atoms with Gasteiger partial charge in [-0.3, -0.25) is 9.69 Å². The molecule has 0 atom stereocenters. The molecule has 0 saturated carbocycles. The Kier molecular flexibility index (Phi) is 4.80. The van der Waals surface area contributed by atoms with Crippen molar-refractivity contribution in [2.75, 3.05) is 25.0 Å². The third-order valence-electron chi connectivity index (χ3n) is 3.53. The van der Waals surface area contributed by atoms with E-state index in [4.69, 9.17) is 5.73 Å². The van der Waals surface area contributed by atoms with Gasteiger partial charge in [0.25, 0.3) is 0 Å². The van der Waals surface area contributed by atoms with Gasteiger partial charge in [0.1, 0.15) is 0 Å². The number of carbonyl (C=O) groups excluding carboxylic acids is 1. The van der Waals surface area contributed by atoms with E-state index in [1.165, 1.54) is 16.8 Å². The van der Waals surface area contributed by atoms with Crippen molar-refractivity contribution in [2.24, 2.45) is 5.73 Å². The molecule has 104 valence electrons. The lowest BCUT2D eigenvalue weighted by Gasteiger charge is -2.22. The van der Waals surface area contributed by atoms with Gasteiger partial charge in [-0.1, -0.05) is 31.5 Å². The topological polar surface area (TPSA) is 58.4 Å². The minimum Gasteiger partial charge on any atom is -0.384 e. The summed E-state index contributed by atoms with van der Waals surface area (Å²) >= 11 is 0. The number of hydrogen-bond donors (Lipinski definition) is 2. The van der Waals surface area contributed by atoms with Crippen LogP contribution in [0.5, 0.6) is 0 Å². The molecule has 1 aromatic carbocycles. The predicted octanol–water partition coefficient (Wildman–Crippen LogP) is 1.74. The largest absolute Gasteiger partial charge is 0.384 e. The van der Waals surface area contributed by atoms with Gasteiger partial charge in [0.2, 0.25) is 5.91 Å². The Bertz CT molecular complexity index is 445. The lowest BCUT2D eigenvalue weighted by molar-refractivity contribution is -0.119. The summed E-state index contributed by atoms with van der Waals surface area (Å²) in [7, 11) is 0. The number of carbonyl (C=O) groups is 1. The minimum atomic E-state index is -0.253. The van der Waals surface area contributed by atoms with E-state index >= 15 is 0 Å². The first kappa shape index (κ1) is 13.9. The molecule has 2 rings (SSSR count). The van der Waals surface area contributed by atoms with Crippen LogP contribution in [0.15, 0.2) is 18.2 Å². The molecule has 1 aliphatic rings. The number of nitrogens with one attached hydrogen (secondary N) is 1. The van der Waals surface area contributed by atoms with Gasteiger partial charge in [0.15, 0.2) is 0 Å². The molecule has 0 bridgehead atoms. The first-order valence-electron chi connectivity index (χ1n) is 7.06. The maximum absolute atomic E-state index is 11.2. The molecule has 1 amide bonds. The Hall–Kier alpha value is -1.55. The summed E-state index contributed by atoms with van der Waals surface area (Å²) in [5, 5.41) is 3.44. The first-order valence-corrected chi connectivity index (χ1v) is 7.06. The number of amides is 1. The van der Waals surface area contributed by atoms with Crippen LogP contribution in [0, 0.1) is 0 Å². The number of unbranched alkanes of at least 4 members (excludes halogenated alkanes) is 1. The van der Waals surface area contributed by atoms with E-state index in [1.54, 1.807) is 0 Å². The molecule has 4 nitrogen and oxygen atoms in total. The molecular formula is C15H23N3O. The molecular weight excluding hydrogens is 238 g/mol. The van der Waals surface area contributed by atoms with Gasteiger partial charge in [-0.05, 0) is 30.5 Å². The molecule has 0 aromatic heterocycles. The van der Waals surface area contributed by atoms with Gasteiger partial charge in [0.05, 0.1) is 6.54 Å². The highest BCUT2D eigenvalue weighted by Gasteiger charge is 2.16. The Morgan fingerprint density at radius 2 is 2.32 bits per heavy atom. The molecule has 0 aliphatic carbocycles. The standard InChI is InChI=1S/C15H23N3O/c1-2-3-9-18(11-14(16)19)10-13-6-4-5-12-7-8-17-15(12)13/h4-6,17H,2-3,7-11H2,1H3,(H2,16,19). The maximum Gasteiger partial charge on any atom is 0.231 e. The number of primary amides is 1. The van der Waals surface area contributed by atoms with E-state index in [-0.39, 0.29) is 5.91 Å². The van der Waals surface area contributed by atoms with Crippen LogP contribution in [0.2, 0.25) is 0 Å².